The van der Waals surface area contributed by atoms with E-state index < -0.39 is 5.60 Å². The van der Waals surface area contributed by atoms with Crippen LogP contribution >= 0.6 is 0 Å². The Morgan fingerprint density at radius 3 is 2.57 bits per heavy atom. The van der Waals surface area contributed by atoms with Crippen molar-refractivity contribution < 1.29 is 9.53 Å². The van der Waals surface area contributed by atoms with Gasteiger partial charge in [0.25, 0.3) is 0 Å². The van der Waals surface area contributed by atoms with Gasteiger partial charge in [-0.2, -0.15) is 5.10 Å². The second-order valence-corrected chi connectivity index (χ2v) is 8.45. The number of alkyl carbamates (subject to hydrolysis) is 1. The zero-order valence-corrected chi connectivity index (χ0v) is 18.3. The third kappa shape index (κ3) is 6.02. The number of hydrogen-bond acceptors (Lipinski definition) is 5. The Kier molecular flexibility index (Phi) is 7.03. The molecule has 0 radical (unpaired) electrons. The average molecular weight is 410 g/mol. The summed E-state index contributed by atoms with van der Waals surface area (Å²) < 4.78 is 7.26. The molecule has 0 aliphatic rings. The van der Waals surface area contributed by atoms with Gasteiger partial charge in [0.2, 0.25) is 0 Å². The van der Waals surface area contributed by atoms with E-state index in [1.807, 2.05) is 62.1 Å². The molecule has 0 aliphatic heterocycles. The van der Waals surface area contributed by atoms with Gasteiger partial charge >= 0.3 is 6.09 Å². The summed E-state index contributed by atoms with van der Waals surface area (Å²) in [6.45, 7) is 9.17. The predicted molar refractivity (Wildman–Crippen MR) is 118 cm³/mol. The van der Waals surface area contributed by atoms with Gasteiger partial charge in [-0.15, -0.1) is 0 Å². The Balaban J connectivity index is 1.43. The van der Waals surface area contributed by atoms with Gasteiger partial charge in [0.15, 0.2) is 0 Å². The smallest absolute Gasteiger partial charge is 0.407 e. The van der Waals surface area contributed by atoms with E-state index in [1.54, 1.807) is 0 Å². The minimum absolute atomic E-state index is 0.348. The van der Waals surface area contributed by atoms with Gasteiger partial charge in [-0.1, -0.05) is 25.0 Å². The van der Waals surface area contributed by atoms with Crippen LogP contribution in [0.4, 0.5) is 4.79 Å². The van der Waals surface area contributed by atoms with Crippen molar-refractivity contribution in [3.05, 3.63) is 42.4 Å². The number of carbonyl (C=O) groups is 1. The summed E-state index contributed by atoms with van der Waals surface area (Å²) in [5.74, 6) is 0. The number of aryl methyl sites for hydroxylation is 1. The molecular formula is C23H31N5O2. The van der Waals surface area contributed by atoms with Crippen molar-refractivity contribution in [2.45, 2.75) is 65.5 Å². The monoisotopic (exact) mass is 409 g/mol. The molecule has 0 bridgehead atoms. The van der Waals surface area contributed by atoms with Gasteiger partial charge in [-0.05, 0) is 52.7 Å². The molecule has 0 unspecified atom stereocenters. The van der Waals surface area contributed by atoms with Crippen molar-refractivity contribution in [3.63, 3.8) is 0 Å². The molecule has 1 amide bonds. The summed E-state index contributed by atoms with van der Waals surface area (Å²) in [7, 11) is 0. The first-order chi connectivity index (χ1) is 14.3. The van der Waals surface area contributed by atoms with Gasteiger partial charge in [0, 0.05) is 24.3 Å². The number of para-hydroxylation sites is 2. The fourth-order valence-electron chi connectivity index (χ4n) is 3.26. The van der Waals surface area contributed by atoms with Crippen LogP contribution in [0.5, 0.6) is 0 Å². The molecule has 7 nitrogen and oxygen atoms in total. The first-order valence-corrected chi connectivity index (χ1v) is 10.5. The highest BCUT2D eigenvalue weighted by Crippen LogP contribution is 2.22. The lowest BCUT2D eigenvalue weighted by Crippen LogP contribution is -2.32. The zero-order valence-electron chi connectivity index (χ0n) is 18.3. The summed E-state index contributed by atoms with van der Waals surface area (Å²) in [4.78, 5) is 20.8. The number of rotatable bonds is 8. The second kappa shape index (κ2) is 9.69. The predicted octanol–water partition coefficient (Wildman–Crippen LogP) is 4.89. The summed E-state index contributed by atoms with van der Waals surface area (Å²) in [6.07, 6.45) is 7.46. The minimum atomic E-state index is -0.455. The number of nitrogens with zero attached hydrogens (tertiary/aromatic N) is 4. The molecule has 0 atom stereocenters. The molecule has 0 spiro atoms. The second-order valence-electron chi connectivity index (χ2n) is 8.45. The molecule has 3 aromatic rings. The van der Waals surface area contributed by atoms with Gasteiger partial charge < -0.3 is 10.1 Å². The lowest BCUT2D eigenvalue weighted by molar-refractivity contribution is 0.0527. The Hall–Kier alpha value is -2.96. The van der Waals surface area contributed by atoms with Crippen molar-refractivity contribution in [1.29, 1.82) is 0 Å². The van der Waals surface area contributed by atoms with Crippen molar-refractivity contribution in [2.75, 3.05) is 6.54 Å². The van der Waals surface area contributed by atoms with Crippen molar-refractivity contribution in [1.82, 2.24) is 25.1 Å². The normalized spacial score (nSPS) is 11.6. The van der Waals surface area contributed by atoms with Gasteiger partial charge in [-0.3, -0.25) is 9.67 Å². The van der Waals surface area contributed by atoms with Gasteiger partial charge in [-0.25, -0.2) is 9.78 Å². The molecule has 0 aliphatic carbocycles. The number of nitrogens with one attached hydrogen (secondary N) is 1. The Labute approximate surface area is 177 Å². The standard InChI is InChI=1S/C23H31N5O2/c1-17-18(21-16-25-19-11-7-8-12-20(19)27-21)15-26-28(17)14-10-6-5-9-13-24-22(29)30-23(2,3)4/h7-8,11-12,15-16H,5-6,9-10,13-14H2,1-4H3,(H,24,29). The van der Waals surface area contributed by atoms with E-state index in [1.165, 1.54) is 0 Å². The SMILES string of the molecule is Cc1c(-c2cnc3ccccc3n2)cnn1CCCCCCNC(=O)OC(C)(C)C. The number of ether oxygens (including phenoxy) is 1. The minimum Gasteiger partial charge on any atom is -0.444 e. The number of carbonyl (C=O) groups excluding carboxylic acids is 1. The molecule has 30 heavy (non-hydrogen) atoms. The molecule has 2 aromatic heterocycles. The van der Waals surface area contributed by atoms with Crippen LogP contribution in [0.25, 0.3) is 22.3 Å². The molecule has 0 saturated carbocycles. The number of benzene rings is 1. The molecule has 160 valence electrons. The topological polar surface area (TPSA) is 81.9 Å². The highest BCUT2D eigenvalue weighted by Gasteiger charge is 2.15. The van der Waals surface area contributed by atoms with Crippen LogP contribution in [-0.4, -0.2) is 38.0 Å². The first-order valence-electron chi connectivity index (χ1n) is 10.5. The molecule has 1 aromatic carbocycles. The molecular weight excluding hydrogens is 378 g/mol. The van der Waals surface area contributed by atoms with E-state index in [-0.39, 0.29) is 6.09 Å². The Morgan fingerprint density at radius 2 is 1.80 bits per heavy atom. The van der Waals surface area contributed by atoms with E-state index in [4.69, 9.17) is 9.72 Å². The maximum atomic E-state index is 11.6. The third-order valence-corrected chi connectivity index (χ3v) is 4.79. The molecule has 0 saturated heterocycles. The lowest BCUT2D eigenvalue weighted by atomic mass is 10.1. The highest BCUT2D eigenvalue weighted by atomic mass is 16.6. The van der Waals surface area contributed by atoms with Crippen LogP contribution in [-0.2, 0) is 11.3 Å². The van der Waals surface area contributed by atoms with Gasteiger partial charge in [0.1, 0.15) is 5.60 Å². The molecule has 0 fully saturated rings. The lowest BCUT2D eigenvalue weighted by Gasteiger charge is -2.19. The summed E-state index contributed by atoms with van der Waals surface area (Å²) in [5.41, 5.74) is 4.31. The van der Waals surface area contributed by atoms with Crippen LogP contribution < -0.4 is 5.32 Å². The Morgan fingerprint density at radius 1 is 1.07 bits per heavy atom. The summed E-state index contributed by atoms with van der Waals surface area (Å²) >= 11 is 0. The zero-order chi connectivity index (χ0) is 21.6. The molecule has 3 rings (SSSR count). The number of unbranched alkanes of at least 4 members (excludes halogenated alkanes) is 3. The maximum Gasteiger partial charge on any atom is 0.407 e. The molecule has 1 N–H and O–H groups in total. The maximum absolute atomic E-state index is 11.6. The number of amides is 1. The number of aromatic nitrogens is 4. The van der Waals surface area contributed by atoms with Crippen molar-refractivity contribution >= 4 is 17.1 Å². The molecule has 7 heteroatoms. The van der Waals surface area contributed by atoms with Crippen LogP contribution in [0, 0.1) is 6.92 Å². The van der Waals surface area contributed by atoms with E-state index in [9.17, 15) is 4.79 Å². The van der Waals surface area contributed by atoms with E-state index in [0.717, 1.165) is 60.2 Å². The fraction of sp³-hybridized carbons (Fsp3) is 0.478. The Bertz CT molecular complexity index is 991. The first kappa shape index (κ1) is 21.7. The summed E-state index contributed by atoms with van der Waals surface area (Å²) in [6, 6.07) is 7.88. The quantitative estimate of drug-likeness (QED) is 0.536. The van der Waals surface area contributed by atoms with Crippen LogP contribution in [0.1, 0.15) is 52.1 Å². The van der Waals surface area contributed by atoms with Crippen molar-refractivity contribution in [3.8, 4) is 11.3 Å². The third-order valence-electron chi connectivity index (χ3n) is 4.79. The fourth-order valence-corrected chi connectivity index (χ4v) is 3.26. The highest BCUT2D eigenvalue weighted by molar-refractivity contribution is 5.77. The van der Waals surface area contributed by atoms with Crippen LogP contribution in [0.3, 0.4) is 0 Å². The van der Waals surface area contributed by atoms with Crippen LogP contribution in [0.15, 0.2) is 36.7 Å². The largest absolute Gasteiger partial charge is 0.444 e. The molecule has 2 heterocycles. The van der Waals surface area contributed by atoms with E-state index in [0.29, 0.717) is 6.54 Å². The van der Waals surface area contributed by atoms with Gasteiger partial charge in [0.05, 0.1) is 29.1 Å². The number of hydrogen-bond donors (Lipinski definition) is 1. The number of fused-ring (bicyclic) bond motifs is 1. The average Bonchev–Trinajstić information content (AvgIpc) is 3.06. The summed E-state index contributed by atoms with van der Waals surface area (Å²) in [5, 5.41) is 7.34. The van der Waals surface area contributed by atoms with E-state index in [2.05, 4.69) is 22.3 Å². The van der Waals surface area contributed by atoms with E-state index >= 15 is 0 Å². The van der Waals surface area contributed by atoms with Crippen LogP contribution in [0.2, 0.25) is 0 Å². The van der Waals surface area contributed by atoms with Crippen molar-refractivity contribution in [2.24, 2.45) is 0 Å².